The number of likely N-dealkylation sites (tertiary alicyclic amines) is 1. The molecule has 0 radical (unpaired) electrons. The van der Waals surface area contributed by atoms with Crippen LogP contribution in [-0.2, 0) is 0 Å². The van der Waals surface area contributed by atoms with Crippen LogP contribution < -0.4 is 16.0 Å². The van der Waals surface area contributed by atoms with Crippen molar-refractivity contribution >= 4 is 17.3 Å². The maximum atomic E-state index is 12.2. The lowest BCUT2D eigenvalue weighted by Gasteiger charge is -2.37. The second-order valence-corrected chi connectivity index (χ2v) is 5.81. The van der Waals surface area contributed by atoms with E-state index in [-0.39, 0.29) is 5.91 Å². The molecule has 1 aromatic carbocycles. The average Bonchev–Trinajstić information content (AvgIpc) is 2.46. The number of rotatable bonds is 4. The van der Waals surface area contributed by atoms with Crippen molar-refractivity contribution in [3.8, 4) is 0 Å². The number of benzene rings is 1. The Kier molecular flexibility index (Phi) is 5.07. The van der Waals surface area contributed by atoms with Gasteiger partial charge in [0.15, 0.2) is 0 Å². The maximum Gasteiger partial charge on any atom is 0.253 e. The Morgan fingerprint density at radius 3 is 2.95 bits per heavy atom. The fourth-order valence-corrected chi connectivity index (χ4v) is 2.94. The van der Waals surface area contributed by atoms with Crippen LogP contribution in [0.2, 0.25) is 0 Å². The van der Waals surface area contributed by atoms with Crippen LogP contribution in [0.25, 0.3) is 0 Å². The summed E-state index contributed by atoms with van der Waals surface area (Å²) in [6.45, 7) is 4.71. The Morgan fingerprint density at radius 2 is 2.29 bits per heavy atom. The molecule has 0 spiro atoms. The molecule has 1 heterocycles. The number of carbonyl (C=O) groups is 1. The molecule has 1 atom stereocenters. The molecule has 0 aromatic heterocycles. The summed E-state index contributed by atoms with van der Waals surface area (Å²) in [5, 5.41) is 2.87. The van der Waals surface area contributed by atoms with E-state index in [1.807, 2.05) is 19.1 Å². The Labute approximate surface area is 127 Å². The van der Waals surface area contributed by atoms with E-state index >= 15 is 0 Å². The third kappa shape index (κ3) is 3.67. The minimum absolute atomic E-state index is 0.0384. The Morgan fingerprint density at radius 1 is 1.52 bits per heavy atom. The molecule has 1 aliphatic heterocycles. The van der Waals surface area contributed by atoms with Crippen molar-refractivity contribution < 1.29 is 4.79 Å². The first-order valence-corrected chi connectivity index (χ1v) is 7.62. The van der Waals surface area contributed by atoms with Gasteiger partial charge in [0.1, 0.15) is 0 Å². The summed E-state index contributed by atoms with van der Waals surface area (Å²) >= 11 is 0. The summed E-state index contributed by atoms with van der Waals surface area (Å²) in [5.74, 6) is -0.0384. The number of nitrogens with one attached hydrogen (secondary N) is 1. The zero-order chi connectivity index (χ0) is 15.4. The van der Waals surface area contributed by atoms with E-state index in [4.69, 9.17) is 5.73 Å². The summed E-state index contributed by atoms with van der Waals surface area (Å²) in [4.78, 5) is 16.8. The largest absolute Gasteiger partial charge is 0.399 e. The van der Waals surface area contributed by atoms with Gasteiger partial charge in [0.25, 0.3) is 5.91 Å². The molecule has 0 saturated carbocycles. The molecule has 1 unspecified atom stereocenters. The topological polar surface area (TPSA) is 61.6 Å². The highest BCUT2D eigenvalue weighted by Gasteiger charge is 2.24. The predicted octanol–water partition coefficient (Wildman–Crippen LogP) is 1.55. The molecule has 116 valence electrons. The van der Waals surface area contributed by atoms with E-state index in [1.165, 1.54) is 6.42 Å². The van der Waals surface area contributed by atoms with E-state index in [0.29, 0.717) is 23.8 Å². The fourth-order valence-electron chi connectivity index (χ4n) is 2.94. The number of piperidine rings is 1. The van der Waals surface area contributed by atoms with Crippen LogP contribution in [0.5, 0.6) is 0 Å². The van der Waals surface area contributed by atoms with Crippen molar-refractivity contribution in [3.63, 3.8) is 0 Å². The normalized spacial score (nSPS) is 19.3. The van der Waals surface area contributed by atoms with Gasteiger partial charge >= 0.3 is 0 Å². The predicted molar refractivity (Wildman–Crippen MR) is 87.8 cm³/mol. The first kappa shape index (κ1) is 15.6. The van der Waals surface area contributed by atoms with E-state index in [0.717, 1.165) is 25.2 Å². The molecule has 1 amide bonds. The van der Waals surface area contributed by atoms with Gasteiger partial charge in [0, 0.05) is 31.9 Å². The molecule has 5 heteroatoms. The highest BCUT2D eigenvalue weighted by atomic mass is 16.1. The standard InChI is InChI=1S/C16H26N4O/c1-4-18-16(21)14-8-7-12(17)10-15(14)20(3)13-6-5-9-19(2)11-13/h7-8,10,13H,4-6,9,11,17H2,1-3H3,(H,18,21). The Balaban J connectivity index is 2.28. The third-order valence-electron chi connectivity index (χ3n) is 4.13. The van der Waals surface area contributed by atoms with Gasteiger partial charge in [-0.3, -0.25) is 4.79 Å². The molecule has 1 aromatic rings. The minimum Gasteiger partial charge on any atom is -0.399 e. The van der Waals surface area contributed by atoms with Crippen molar-refractivity contribution in [1.82, 2.24) is 10.2 Å². The lowest BCUT2D eigenvalue weighted by Crippen LogP contribution is -2.45. The lowest BCUT2D eigenvalue weighted by molar-refractivity contribution is 0.0956. The van der Waals surface area contributed by atoms with Gasteiger partial charge in [-0.25, -0.2) is 0 Å². The van der Waals surface area contributed by atoms with Crippen LogP contribution in [0.1, 0.15) is 30.1 Å². The molecular weight excluding hydrogens is 264 g/mol. The number of anilines is 2. The van der Waals surface area contributed by atoms with E-state index < -0.39 is 0 Å². The van der Waals surface area contributed by atoms with Gasteiger partial charge < -0.3 is 20.9 Å². The average molecular weight is 290 g/mol. The van der Waals surface area contributed by atoms with E-state index in [9.17, 15) is 4.79 Å². The Bertz CT molecular complexity index is 503. The van der Waals surface area contributed by atoms with Crippen molar-refractivity contribution in [2.45, 2.75) is 25.8 Å². The molecule has 5 nitrogen and oxygen atoms in total. The number of nitrogens with zero attached hydrogens (tertiary/aromatic N) is 2. The van der Waals surface area contributed by atoms with Crippen molar-refractivity contribution in [1.29, 1.82) is 0 Å². The summed E-state index contributed by atoms with van der Waals surface area (Å²) in [6, 6.07) is 5.92. The first-order valence-electron chi connectivity index (χ1n) is 7.62. The fraction of sp³-hybridized carbons (Fsp3) is 0.562. The second-order valence-electron chi connectivity index (χ2n) is 5.81. The molecule has 0 aliphatic carbocycles. The molecule has 1 aliphatic rings. The smallest absolute Gasteiger partial charge is 0.253 e. The van der Waals surface area contributed by atoms with E-state index in [1.54, 1.807) is 6.07 Å². The molecular formula is C16H26N4O. The van der Waals surface area contributed by atoms with Gasteiger partial charge in [0.05, 0.1) is 11.3 Å². The van der Waals surface area contributed by atoms with Crippen LogP contribution in [0, 0.1) is 0 Å². The van der Waals surface area contributed by atoms with Crippen molar-refractivity contribution in [2.75, 3.05) is 44.4 Å². The van der Waals surface area contributed by atoms with E-state index in [2.05, 4.69) is 29.2 Å². The van der Waals surface area contributed by atoms with Gasteiger partial charge in [-0.15, -0.1) is 0 Å². The van der Waals surface area contributed by atoms with Crippen molar-refractivity contribution in [3.05, 3.63) is 23.8 Å². The Hall–Kier alpha value is -1.75. The van der Waals surface area contributed by atoms with Crippen LogP contribution in [-0.4, -0.2) is 50.6 Å². The maximum absolute atomic E-state index is 12.2. The second kappa shape index (κ2) is 6.80. The summed E-state index contributed by atoms with van der Waals surface area (Å²) in [7, 11) is 4.20. The van der Waals surface area contributed by atoms with Gasteiger partial charge in [0.2, 0.25) is 0 Å². The van der Waals surface area contributed by atoms with Crippen LogP contribution in [0.15, 0.2) is 18.2 Å². The minimum atomic E-state index is -0.0384. The van der Waals surface area contributed by atoms with Crippen LogP contribution in [0.3, 0.4) is 0 Å². The summed E-state index contributed by atoms with van der Waals surface area (Å²) < 4.78 is 0. The third-order valence-corrected chi connectivity index (χ3v) is 4.13. The monoisotopic (exact) mass is 290 g/mol. The summed E-state index contributed by atoms with van der Waals surface area (Å²) in [6.07, 6.45) is 2.33. The number of hydrogen-bond donors (Lipinski definition) is 2. The number of nitrogens with two attached hydrogens (primary N) is 1. The highest BCUT2D eigenvalue weighted by molar-refractivity contribution is 6.00. The number of nitrogen functional groups attached to an aromatic ring is 1. The number of carbonyl (C=O) groups excluding carboxylic acids is 1. The quantitative estimate of drug-likeness (QED) is 0.826. The highest BCUT2D eigenvalue weighted by Crippen LogP contribution is 2.27. The number of amides is 1. The lowest BCUT2D eigenvalue weighted by atomic mass is 10.0. The zero-order valence-corrected chi connectivity index (χ0v) is 13.2. The zero-order valence-electron chi connectivity index (χ0n) is 13.2. The number of hydrogen-bond acceptors (Lipinski definition) is 4. The van der Waals surface area contributed by atoms with Gasteiger partial charge in [-0.1, -0.05) is 0 Å². The molecule has 1 fully saturated rings. The van der Waals surface area contributed by atoms with Crippen LogP contribution in [0.4, 0.5) is 11.4 Å². The van der Waals surface area contributed by atoms with Gasteiger partial charge in [-0.2, -0.15) is 0 Å². The molecule has 21 heavy (non-hydrogen) atoms. The van der Waals surface area contributed by atoms with Crippen molar-refractivity contribution in [2.24, 2.45) is 0 Å². The molecule has 0 bridgehead atoms. The number of likely N-dealkylation sites (N-methyl/N-ethyl adjacent to an activating group) is 2. The molecule has 3 N–H and O–H groups in total. The van der Waals surface area contributed by atoms with Crippen LogP contribution >= 0.6 is 0 Å². The molecule has 1 saturated heterocycles. The SMILES string of the molecule is CCNC(=O)c1ccc(N)cc1N(C)C1CCCN(C)C1. The first-order chi connectivity index (χ1) is 10.0. The summed E-state index contributed by atoms with van der Waals surface area (Å²) in [5.41, 5.74) is 8.23. The van der Waals surface area contributed by atoms with Gasteiger partial charge in [-0.05, 0) is 51.6 Å². The molecule has 2 rings (SSSR count).